The summed E-state index contributed by atoms with van der Waals surface area (Å²) in [4.78, 5) is 86.0. The van der Waals surface area contributed by atoms with E-state index in [1.807, 2.05) is 18.2 Å². The first kappa shape index (κ1) is 36.5. The number of aliphatic hydroxyl groups excluding tert-OH is 1. The molecule has 17 nitrogen and oxygen atoms in total. The number of amides is 5. The number of primary amides is 1. The molecule has 5 amide bonds. The Kier molecular flexibility index (Phi) is 13.7. The van der Waals surface area contributed by atoms with Crippen molar-refractivity contribution in [1.29, 1.82) is 0 Å². The second-order valence-electron chi connectivity index (χ2n) is 10.7. The van der Waals surface area contributed by atoms with Crippen molar-refractivity contribution in [3.8, 4) is 0 Å². The zero-order valence-electron chi connectivity index (χ0n) is 25.5. The highest BCUT2D eigenvalue weighted by Crippen LogP contribution is 2.19. The predicted octanol–water partition coefficient (Wildman–Crippen LogP) is -2.35. The number of aliphatic carboxylic acids is 1. The molecule has 12 N–H and O–H groups in total. The van der Waals surface area contributed by atoms with Crippen molar-refractivity contribution in [2.75, 3.05) is 18.6 Å². The summed E-state index contributed by atoms with van der Waals surface area (Å²) in [6.45, 7) is -0.865. The van der Waals surface area contributed by atoms with Gasteiger partial charge in [-0.2, -0.15) is 11.8 Å². The van der Waals surface area contributed by atoms with Crippen LogP contribution in [-0.4, -0.2) is 109 Å². The van der Waals surface area contributed by atoms with Gasteiger partial charge in [0.05, 0.1) is 25.4 Å². The van der Waals surface area contributed by atoms with Crippen molar-refractivity contribution in [1.82, 2.24) is 36.2 Å². The summed E-state index contributed by atoms with van der Waals surface area (Å²) < 4.78 is 0. The number of nitrogens with one attached hydrogen (secondary N) is 6. The molecular formula is C29H39N9O8S. The van der Waals surface area contributed by atoms with E-state index in [9.17, 15) is 39.0 Å². The maximum absolute atomic E-state index is 13.8. The summed E-state index contributed by atoms with van der Waals surface area (Å²) in [6, 6.07) is 0.586. The van der Waals surface area contributed by atoms with Crippen molar-refractivity contribution >= 4 is 58.2 Å². The first-order valence-corrected chi connectivity index (χ1v) is 15.9. The third-order valence-electron chi connectivity index (χ3n) is 7.14. The number of hydrogen-bond donors (Lipinski definition) is 10. The van der Waals surface area contributed by atoms with Gasteiger partial charge in [0.15, 0.2) is 0 Å². The lowest BCUT2D eigenvalue weighted by Crippen LogP contribution is -2.59. The maximum atomic E-state index is 13.8. The van der Waals surface area contributed by atoms with E-state index in [-0.39, 0.29) is 19.3 Å². The Morgan fingerprint density at radius 1 is 0.894 bits per heavy atom. The van der Waals surface area contributed by atoms with Crippen molar-refractivity contribution in [3.63, 3.8) is 0 Å². The number of fused-ring (bicyclic) bond motifs is 1. The number of thioether (sulfide) groups is 1. The molecule has 0 unspecified atom stereocenters. The average molecular weight is 674 g/mol. The number of hydrogen-bond acceptors (Lipinski definition) is 10. The van der Waals surface area contributed by atoms with Crippen LogP contribution < -0.4 is 32.7 Å². The van der Waals surface area contributed by atoms with Gasteiger partial charge in [-0.3, -0.25) is 24.0 Å². The van der Waals surface area contributed by atoms with E-state index >= 15 is 0 Å². The first-order valence-electron chi connectivity index (χ1n) is 14.5. The molecule has 2 heterocycles. The molecule has 0 spiro atoms. The molecule has 3 aromatic rings. The van der Waals surface area contributed by atoms with E-state index in [4.69, 9.17) is 11.5 Å². The molecule has 0 radical (unpaired) electrons. The summed E-state index contributed by atoms with van der Waals surface area (Å²) in [5, 5.41) is 29.4. The number of carbonyl (C=O) groups is 6. The second-order valence-corrected chi connectivity index (χ2v) is 11.7. The molecule has 0 saturated heterocycles. The lowest BCUT2D eigenvalue weighted by molar-refractivity contribution is -0.143. The van der Waals surface area contributed by atoms with E-state index in [0.717, 1.165) is 10.9 Å². The van der Waals surface area contributed by atoms with Crippen LogP contribution in [0.25, 0.3) is 10.9 Å². The highest BCUT2D eigenvalue weighted by molar-refractivity contribution is 7.98. The highest BCUT2D eigenvalue weighted by Gasteiger charge is 2.32. The van der Waals surface area contributed by atoms with Crippen LogP contribution in [0, 0.1) is 0 Å². The minimum Gasteiger partial charge on any atom is -0.480 e. The number of para-hydroxylation sites is 1. The van der Waals surface area contributed by atoms with Gasteiger partial charge in [0.2, 0.25) is 29.5 Å². The fourth-order valence-corrected chi connectivity index (χ4v) is 5.12. The Bertz CT molecular complexity index is 1550. The SMILES string of the molecule is CSCC[C@H](NC(=O)[C@H](Cc1c[nH]c2ccccc12)NC(=O)[C@H](Cc1cnc[nH]1)NC(=O)[C@@H](N)CC(N)=O)C(=O)N[C@@H](CO)C(=O)O. The van der Waals surface area contributed by atoms with Gasteiger partial charge in [0.25, 0.3) is 0 Å². The number of H-pyrrole nitrogens is 2. The van der Waals surface area contributed by atoms with Crippen LogP contribution in [0.3, 0.4) is 0 Å². The maximum Gasteiger partial charge on any atom is 0.328 e. The van der Waals surface area contributed by atoms with Crippen molar-refractivity contribution in [2.24, 2.45) is 11.5 Å². The first-order chi connectivity index (χ1) is 22.4. The van der Waals surface area contributed by atoms with Crippen molar-refractivity contribution in [3.05, 3.63) is 54.2 Å². The summed E-state index contributed by atoms with van der Waals surface area (Å²) >= 11 is 1.39. The number of aliphatic hydroxyl groups is 1. The van der Waals surface area contributed by atoms with Crippen LogP contribution in [0.2, 0.25) is 0 Å². The van der Waals surface area contributed by atoms with Crippen molar-refractivity contribution < 1.29 is 39.0 Å². The molecule has 0 aliphatic carbocycles. The fraction of sp³-hybridized carbons (Fsp3) is 0.414. The number of nitrogens with zero attached hydrogens (tertiary/aromatic N) is 1. The Labute approximate surface area is 273 Å². The number of carboxylic acids is 1. The van der Waals surface area contributed by atoms with Gasteiger partial charge < -0.3 is 52.9 Å². The zero-order valence-corrected chi connectivity index (χ0v) is 26.3. The number of aromatic nitrogens is 3. The molecule has 1 aromatic carbocycles. The summed E-state index contributed by atoms with van der Waals surface area (Å²) in [5.41, 5.74) is 12.9. The van der Waals surface area contributed by atoms with Gasteiger partial charge in [-0.25, -0.2) is 9.78 Å². The number of rotatable bonds is 19. The smallest absolute Gasteiger partial charge is 0.328 e. The minimum atomic E-state index is -1.59. The molecular weight excluding hydrogens is 634 g/mol. The lowest BCUT2D eigenvalue weighted by atomic mass is 10.0. The van der Waals surface area contributed by atoms with E-state index in [1.54, 1.807) is 18.5 Å². The molecule has 254 valence electrons. The average Bonchev–Trinajstić information content (AvgIpc) is 3.70. The molecule has 0 fully saturated rings. The van der Waals surface area contributed by atoms with E-state index < -0.39 is 78.7 Å². The Morgan fingerprint density at radius 2 is 1.51 bits per heavy atom. The minimum absolute atomic E-state index is 0.0429. The molecule has 0 saturated carbocycles. The number of carbonyl (C=O) groups excluding carboxylic acids is 5. The summed E-state index contributed by atoms with van der Waals surface area (Å²) in [5.74, 6) is -5.06. The predicted molar refractivity (Wildman–Crippen MR) is 172 cm³/mol. The van der Waals surface area contributed by atoms with E-state index in [0.29, 0.717) is 17.0 Å². The fourth-order valence-electron chi connectivity index (χ4n) is 4.65. The van der Waals surface area contributed by atoms with Crippen molar-refractivity contribution in [2.45, 2.75) is 55.9 Å². The number of carboxylic acid groups (broad SMARTS) is 1. The van der Waals surface area contributed by atoms with Gasteiger partial charge in [-0.1, -0.05) is 18.2 Å². The Morgan fingerprint density at radius 3 is 2.13 bits per heavy atom. The van der Waals surface area contributed by atoms with Crippen LogP contribution in [0.4, 0.5) is 0 Å². The van der Waals surface area contributed by atoms with Crippen LogP contribution >= 0.6 is 11.8 Å². The molecule has 2 aromatic heterocycles. The lowest BCUT2D eigenvalue weighted by Gasteiger charge is -2.26. The molecule has 18 heteroatoms. The zero-order chi connectivity index (χ0) is 34.5. The summed E-state index contributed by atoms with van der Waals surface area (Å²) in [6.07, 6.45) is 5.81. The highest BCUT2D eigenvalue weighted by atomic mass is 32.2. The third-order valence-corrected chi connectivity index (χ3v) is 7.79. The molecule has 47 heavy (non-hydrogen) atoms. The monoisotopic (exact) mass is 673 g/mol. The molecule has 0 aliphatic heterocycles. The second kappa shape index (κ2) is 17.7. The number of nitrogens with two attached hydrogens (primary N) is 2. The molecule has 0 aliphatic rings. The topological polar surface area (TPSA) is 288 Å². The van der Waals surface area contributed by atoms with Crippen LogP contribution in [0.15, 0.2) is 43.0 Å². The van der Waals surface area contributed by atoms with Gasteiger partial charge >= 0.3 is 5.97 Å². The van der Waals surface area contributed by atoms with Gasteiger partial charge in [0, 0.05) is 41.8 Å². The number of aromatic amines is 2. The van der Waals surface area contributed by atoms with Crippen LogP contribution in [0.5, 0.6) is 0 Å². The van der Waals surface area contributed by atoms with E-state index in [2.05, 4.69) is 36.2 Å². The molecule has 3 rings (SSSR count). The quantitative estimate of drug-likeness (QED) is 0.0643. The molecule has 0 bridgehead atoms. The third kappa shape index (κ3) is 10.8. The largest absolute Gasteiger partial charge is 0.480 e. The number of benzene rings is 1. The standard InChI is InChI=1S/C29H39N9O8S/c1-47-7-6-20(26(42)38-23(13-39)29(45)46)35-27(43)21(8-15-11-33-19-5-3-2-4-17(15)19)37-28(44)22(9-16-12-32-14-34-16)36-25(41)18(30)10-24(31)40/h2-5,11-12,14,18,20-23,33,39H,6-10,13,30H2,1H3,(H2,31,40)(H,32,34)(H,35,43)(H,36,41)(H,37,44)(H,38,42)(H,45,46)/t18-,20-,21-,22-,23-/m0/s1. The number of imidazole rings is 1. The Balaban J connectivity index is 1.91. The van der Waals surface area contributed by atoms with Crippen LogP contribution in [0.1, 0.15) is 24.1 Å². The van der Waals surface area contributed by atoms with Gasteiger partial charge in [0.1, 0.15) is 24.2 Å². The summed E-state index contributed by atoms with van der Waals surface area (Å²) in [7, 11) is 0. The van der Waals surface area contributed by atoms with Gasteiger partial charge in [-0.15, -0.1) is 0 Å². The Hall–Kier alpha value is -4.94. The van der Waals surface area contributed by atoms with E-state index in [1.165, 1.54) is 24.3 Å². The molecule has 5 atom stereocenters. The normalized spacial score (nSPS) is 14.3. The van der Waals surface area contributed by atoms with Gasteiger partial charge in [-0.05, 0) is 30.1 Å². The van der Waals surface area contributed by atoms with Crippen LogP contribution in [-0.2, 0) is 41.6 Å².